The van der Waals surface area contributed by atoms with E-state index in [-0.39, 0.29) is 0 Å². The van der Waals surface area contributed by atoms with Gasteiger partial charge in [-0.1, -0.05) is 91.0 Å². The minimum absolute atomic E-state index is 0.830. The van der Waals surface area contributed by atoms with Crippen LogP contribution >= 0.6 is 0 Å². The summed E-state index contributed by atoms with van der Waals surface area (Å²) in [7, 11) is 0. The number of nitrogens with zero attached hydrogens (tertiary/aromatic N) is 1. The van der Waals surface area contributed by atoms with Crippen molar-refractivity contribution in [2.45, 2.75) is 0 Å². The molecule has 47 heavy (non-hydrogen) atoms. The first-order valence-electron chi connectivity index (χ1n) is 15.9. The zero-order valence-corrected chi connectivity index (χ0v) is 25.4. The van der Waals surface area contributed by atoms with Crippen molar-refractivity contribution < 1.29 is 8.83 Å². The molecule has 0 N–H and O–H groups in total. The zero-order chi connectivity index (χ0) is 30.9. The summed E-state index contributed by atoms with van der Waals surface area (Å²) < 4.78 is 13.0. The number of rotatable bonds is 4. The fourth-order valence-electron chi connectivity index (χ4n) is 7.11. The Morgan fingerprint density at radius 2 is 0.936 bits per heavy atom. The van der Waals surface area contributed by atoms with Crippen LogP contribution in [0.25, 0.3) is 76.5 Å². The molecule has 0 radical (unpaired) electrons. The van der Waals surface area contributed by atoms with Gasteiger partial charge in [-0.15, -0.1) is 0 Å². The third-order valence-corrected chi connectivity index (χ3v) is 9.39. The van der Waals surface area contributed by atoms with E-state index in [2.05, 4.69) is 169 Å². The van der Waals surface area contributed by atoms with E-state index in [1.165, 1.54) is 21.9 Å². The molecule has 10 aromatic rings. The molecule has 0 amide bonds. The summed E-state index contributed by atoms with van der Waals surface area (Å²) in [5.41, 5.74) is 9.13. The Kier molecular flexibility index (Phi) is 5.57. The number of hydrogen-bond donors (Lipinski definition) is 0. The first-order chi connectivity index (χ1) is 23.3. The molecule has 8 aromatic carbocycles. The Morgan fingerprint density at radius 1 is 0.340 bits per heavy atom. The van der Waals surface area contributed by atoms with E-state index in [4.69, 9.17) is 8.83 Å². The lowest BCUT2D eigenvalue weighted by Crippen LogP contribution is -2.09. The number of anilines is 3. The van der Waals surface area contributed by atoms with Crippen LogP contribution in [0.3, 0.4) is 0 Å². The second-order valence-electron chi connectivity index (χ2n) is 12.2. The van der Waals surface area contributed by atoms with E-state index in [9.17, 15) is 0 Å². The van der Waals surface area contributed by atoms with Crippen LogP contribution in [-0.2, 0) is 0 Å². The maximum absolute atomic E-state index is 6.60. The summed E-state index contributed by atoms with van der Waals surface area (Å²) in [6.07, 6.45) is 0. The Bertz CT molecular complexity index is 2770. The molecule has 0 saturated heterocycles. The topological polar surface area (TPSA) is 29.5 Å². The molecule has 3 nitrogen and oxygen atoms in total. The molecule has 0 aliphatic rings. The fourth-order valence-corrected chi connectivity index (χ4v) is 7.11. The number of furan rings is 2. The molecular formula is C44H27NO2. The molecule has 0 fully saturated rings. The highest BCUT2D eigenvalue weighted by Gasteiger charge is 2.18. The molecule has 220 valence electrons. The number of para-hydroxylation sites is 1. The predicted molar refractivity (Wildman–Crippen MR) is 196 cm³/mol. The van der Waals surface area contributed by atoms with Gasteiger partial charge in [-0.25, -0.2) is 0 Å². The minimum atomic E-state index is 0.830. The third-order valence-electron chi connectivity index (χ3n) is 9.39. The van der Waals surface area contributed by atoms with Crippen LogP contribution in [0, 0.1) is 0 Å². The van der Waals surface area contributed by atoms with Crippen LogP contribution < -0.4 is 4.90 Å². The second kappa shape index (κ2) is 10.1. The zero-order valence-electron chi connectivity index (χ0n) is 25.4. The number of hydrogen-bond acceptors (Lipinski definition) is 3. The van der Waals surface area contributed by atoms with E-state index in [1.807, 2.05) is 0 Å². The fraction of sp³-hybridized carbons (Fsp3) is 0. The monoisotopic (exact) mass is 601 g/mol. The molecule has 0 atom stereocenters. The lowest BCUT2D eigenvalue weighted by molar-refractivity contribution is 0.663. The second-order valence-corrected chi connectivity index (χ2v) is 12.2. The summed E-state index contributed by atoms with van der Waals surface area (Å²) >= 11 is 0. The van der Waals surface area contributed by atoms with Gasteiger partial charge in [0.05, 0.1) is 5.39 Å². The Morgan fingerprint density at radius 3 is 1.72 bits per heavy atom. The average Bonchev–Trinajstić information content (AvgIpc) is 3.68. The third kappa shape index (κ3) is 4.14. The maximum Gasteiger partial charge on any atom is 0.147 e. The molecule has 2 aromatic heterocycles. The molecule has 0 aliphatic heterocycles. The number of benzene rings is 8. The van der Waals surface area contributed by atoms with E-state index < -0.39 is 0 Å². The summed E-state index contributed by atoms with van der Waals surface area (Å²) in [6, 6.07) is 57.9. The SMILES string of the molecule is c1ccc(-c2ccc(N(c3ccccc3)c3ccc4cc5oc6ccc7c8cc9ccccc9cc8oc7c6c5cc4c3)cc2)cc1. The Balaban J connectivity index is 1.15. The van der Waals surface area contributed by atoms with Crippen LogP contribution in [0.1, 0.15) is 0 Å². The summed E-state index contributed by atoms with van der Waals surface area (Å²) in [5.74, 6) is 0. The normalized spacial score (nSPS) is 11.8. The van der Waals surface area contributed by atoms with Crippen molar-refractivity contribution >= 4 is 82.5 Å². The molecule has 10 rings (SSSR count). The first-order valence-corrected chi connectivity index (χ1v) is 15.9. The van der Waals surface area contributed by atoms with E-state index in [0.717, 1.165) is 71.7 Å². The molecule has 3 heteroatoms. The molecule has 0 aliphatic carbocycles. The van der Waals surface area contributed by atoms with Gasteiger partial charge in [-0.3, -0.25) is 0 Å². The van der Waals surface area contributed by atoms with Gasteiger partial charge >= 0.3 is 0 Å². The van der Waals surface area contributed by atoms with Crippen molar-refractivity contribution in [2.24, 2.45) is 0 Å². The molecular weight excluding hydrogens is 574 g/mol. The lowest BCUT2D eigenvalue weighted by Gasteiger charge is -2.26. The van der Waals surface area contributed by atoms with Gasteiger partial charge in [0.1, 0.15) is 22.3 Å². The van der Waals surface area contributed by atoms with Gasteiger partial charge in [0.15, 0.2) is 0 Å². The maximum atomic E-state index is 6.60. The summed E-state index contributed by atoms with van der Waals surface area (Å²) in [5, 5.41) is 8.93. The van der Waals surface area contributed by atoms with E-state index in [1.54, 1.807) is 0 Å². The van der Waals surface area contributed by atoms with Crippen LogP contribution in [0.5, 0.6) is 0 Å². The summed E-state index contributed by atoms with van der Waals surface area (Å²) in [6.45, 7) is 0. The van der Waals surface area contributed by atoms with Crippen molar-refractivity contribution in [3.8, 4) is 11.1 Å². The molecule has 0 unspecified atom stereocenters. The van der Waals surface area contributed by atoms with E-state index >= 15 is 0 Å². The summed E-state index contributed by atoms with van der Waals surface area (Å²) in [4.78, 5) is 2.31. The smallest absolute Gasteiger partial charge is 0.147 e. The van der Waals surface area contributed by atoms with Crippen LogP contribution in [0.2, 0.25) is 0 Å². The minimum Gasteiger partial charge on any atom is -0.456 e. The van der Waals surface area contributed by atoms with Gasteiger partial charge in [-0.05, 0) is 105 Å². The van der Waals surface area contributed by atoms with Gasteiger partial charge in [0.2, 0.25) is 0 Å². The van der Waals surface area contributed by atoms with Crippen molar-refractivity contribution in [2.75, 3.05) is 4.90 Å². The highest BCUT2D eigenvalue weighted by molar-refractivity contribution is 6.24. The van der Waals surface area contributed by atoms with Crippen LogP contribution in [-0.4, -0.2) is 0 Å². The molecule has 2 heterocycles. The molecule has 0 saturated carbocycles. The Hall–Kier alpha value is -6.32. The Labute approximate surface area is 270 Å². The van der Waals surface area contributed by atoms with Crippen molar-refractivity contribution in [1.82, 2.24) is 0 Å². The predicted octanol–water partition coefficient (Wildman–Crippen LogP) is 12.9. The van der Waals surface area contributed by atoms with Crippen molar-refractivity contribution in [1.29, 1.82) is 0 Å². The van der Waals surface area contributed by atoms with Gasteiger partial charge in [-0.2, -0.15) is 0 Å². The first kappa shape index (κ1) is 26.0. The molecule has 0 bridgehead atoms. The highest BCUT2D eigenvalue weighted by atomic mass is 16.3. The quantitative estimate of drug-likeness (QED) is 0.201. The van der Waals surface area contributed by atoms with Crippen molar-refractivity contribution in [3.63, 3.8) is 0 Å². The molecule has 0 spiro atoms. The largest absolute Gasteiger partial charge is 0.456 e. The standard InChI is InChI=1S/C44H27NO2/c1-3-9-28(10-4-1)29-15-18-35(19-16-29)45(34-13-5-2-6-14-34)36-20-17-32-27-42-39(25-33(32)23-36)43-40(46-42)22-21-37-38-24-30-11-7-8-12-31(30)26-41(38)47-44(37)43/h1-27H. The number of fused-ring (bicyclic) bond motifs is 9. The van der Waals surface area contributed by atoms with Crippen LogP contribution in [0.4, 0.5) is 17.1 Å². The van der Waals surface area contributed by atoms with Crippen LogP contribution in [0.15, 0.2) is 173 Å². The van der Waals surface area contributed by atoms with E-state index in [0.29, 0.717) is 0 Å². The average molecular weight is 602 g/mol. The van der Waals surface area contributed by atoms with Gasteiger partial charge < -0.3 is 13.7 Å². The van der Waals surface area contributed by atoms with Crippen molar-refractivity contribution in [3.05, 3.63) is 164 Å². The lowest BCUT2D eigenvalue weighted by atomic mass is 10.0. The van der Waals surface area contributed by atoms with Gasteiger partial charge in [0.25, 0.3) is 0 Å². The highest BCUT2D eigenvalue weighted by Crippen LogP contribution is 2.43. The van der Waals surface area contributed by atoms with Gasteiger partial charge in [0, 0.05) is 33.2 Å².